The van der Waals surface area contributed by atoms with E-state index in [4.69, 9.17) is 4.42 Å². The van der Waals surface area contributed by atoms with Crippen molar-refractivity contribution in [3.63, 3.8) is 0 Å². The Morgan fingerprint density at radius 1 is 1.21 bits per heavy atom. The molecule has 3 heterocycles. The molecule has 0 bridgehead atoms. The number of para-hydroxylation sites is 1. The zero-order valence-electron chi connectivity index (χ0n) is 15.0. The zero-order valence-corrected chi connectivity index (χ0v) is 15.8. The van der Waals surface area contributed by atoms with Crippen LogP contribution in [0.5, 0.6) is 0 Å². The number of nitrogens with one attached hydrogen (secondary N) is 1. The first-order valence-corrected chi connectivity index (χ1v) is 9.27. The van der Waals surface area contributed by atoms with Gasteiger partial charge in [-0.3, -0.25) is 14.8 Å². The number of furan rings is 1. The van der Waals surface area contributed by atoms with Crippen molar-refractivity contribution in [1.29, 1.82) is 0 Å². The van der Waals surface area contributed by atoms with Gasteiger partial charge < -0.3 is 14.8 Å². The van der Waals surface area contributed by atoms with Gasteiger partial charge in [-0.25, -0.2) is 4.79 Å². The number of aromatic carboxylic acids is 1. The quantitative estimate of drug-likeness (QED) is 0.528. The van der Waals surface area contributed by atoms with Crippen molar-refractivity contribution >= 4 is 39.9 Å². The lowest BCUT2D eigenvalue weighted by Gasteiger charge is -2.06. The first-order chi connectivity index (χ1) is 13.4. The van der Waals surface area contributed by atoms with Gasteiger partial charge in [-0.05, 0) is 26.0 Å². The van der Waals surface area contributed by atoms with Gasteiger partial charge in [0.15, 0.2) is 5.76 Å². The van der Waals surface area contributed by atoms with Gasteiger partial charge in [-0.15, -0.1) is 11.3 Å². The number of carbonyl (C=O) groups excluding carboxylic acids is 1. The number of carboxylic acids is 1. The summed E-state index contributed by atoms with van der Waals surface area (Å²) in [6.45, 7) is 3.59. The first-order valence-electron chi connectivity index (χ1n) is 8.39. The molecule has 0 fully saturated rings. The lowest BCUT2D eigenvalue weighted by Crippen LogP contribution is -2.13. The average molecular weight is 393 g/mol. The highest BCUT2D eigenvalue weighted by atomic mass is 32.1. The molecule has 28 heavy (non-hydrogen) atoms. The van der Waals surface area contributed by atoms with Crippen LogP contribution in [-0.2, 0) is 0 Å². The molecule has 1 aromatic carbocycles. The molecular weight excluding hydrogens is 378 g/mol. The Bertz CT molecular complexity index is 1190. The summed E-state index contributed by atoms with van der Waals surface area (Å²) in [6, 6.07) is 8.87. The third-order valence-corrected chi connectivity index (χ3v) is 5.17. The molecule has 140 valence electrons. The van der Waals surface area contributed by atoms with E-state index < -0.39 is 11.9 Å². The maximum absolute atomic E-state index is 12.6. The fraction of sp³-hybridized carbons (Fsp3) is 0.100. The molecule has 0 saturated carbocycles. The maximum atomic E-state index is 12.6. The zero-order chi connectivity index (χ0) is 19.8. The summed E-state index contributed by atoms with van der Waals surface area (Å²) in [5.41, 5.74) is 2.61. The lowest BCUT2D eigenvalue weighted by molar-refractivity contribution is 0.0699. The molecule has 8 heteroatoms. The highest BCUT2D eigenvalue weighted by Gasteiger charge is 2.24. The molecule has 0 atom stereocenters. The van der Waals surface area contributed by atoms with Crippen LogP contribution in [0.2, 0.25) is 0 Å². The summed E-state index contributed by atoms with van der Waals surface area (Å²) in [6.07, 6.45) is 1.58. The Kier molecular flexibility index (Phi) is 4.40. The van der Waals surface area contributed by atoms with E-state index in [9.17, 15) is 14.7 Å². The van der Waals surface area contributed by atoms with Gasteiger partial charge in [0.2, 0.25) is 0 Å². The van der Waals surface area contributed by atoms with Crippen LogP contribution in [0.15, 0.2) is 46.3 Å². The number of benzene rings is 1. The van der Waals surface area contributed by atoms with E-state index in [1.165, 1.54) is 11.3 Å². The first kappa shape index (κ1) is 17.9. The number of carboxylic acid groups (broad SMARTS) is 1. The second-order valence-corrected chi connectivity index (χ2v) is 7.09. The molecule has 0 saturated heterocycles. The summed E-state index contributed by atoms with van der Waals surface area (Å²) >= 11 is 1.19. The van der Waals surface area contributed by atoms with E-state index in [0.717, 1.165) is 11.1 Å². The number of amides is 1. The summed E-state index contributed by atoms with van der Waals surface area (Å²) in [7, 11) is 0. The van der Waals surface area contributed by atoms with Crippen molar-refractivity contribution in [2.45, 2.75) is 13.8 Å². The molecular formula is C20H15N3O4S. The summed E-state index contributed by atoms with van der Waals surface area (Å²) in [5.74, 6) is -1.57. The SMILES string of the molecule is Cc1cnc(-c2scc(NC(=O)c3cc4ccccc4o3)c2C(=O)O)c(C)n1. The minimum Gasteiger partial charge on any atom is -0.478 e. The van der Waals surface area contributed by atoms with Gasteiger partial charge in [0.1, 0.15) is 16.8 Å². The number of fused-ring (bicyclic) bond motifs is 1. The smallest absolute Gasteiger partial charge is 0.339 e. The van der Waals surface area contributed by atoms with Gasteiger partial charge in [0, 0.05) is 17.0 Å². The van der Waals surface area contributed by atoms with Gasteiger partial charge in [0.25, 0.3) is 5.91 Å². The number of nitrogens with zero attached hydrogens (tertiary/aromatic N) is 2. The van der Waals surface area contributed by atoms with Crippen molar-refractivity contribution in [3.05, 3.63) is 64.6 Å². The third-order valence-electron chi connectivity index (χ3n) is 4.18. The molecule has 0 spiro atoms. The normalized spacial score (nSPS) is 10.9. The topological polar surface area (TPSA) is 105 Å². The molecule has 7 nitrogen and oxygen atoms in total. The highest BCUT2D eigenvalue weighted by Crippen LogP contribution is 2.36. The molecule has 0 aliphatic carbocycles. The molecule has 0 aliphatic heterocycles. The number of carbonyl (C=O) groups is 2. The van der Waals surface area contributed by atoms with Gasteiger partial charge in [0.05, 0.1) is 22.0 Å². The summed E-state index contributed by atoms with van der Waals surface area (Å²) in [5, 5.41) is 14.7. The van der Waals surface area contributed by atoms with E-state index in [1.807, 2.05) is 25.1 Å². The van der Waals surface area contributed by atoms with Crippen LogP contribution in [-0.4, -0.2) is 27.0 Å². The number of aryl methyl sites for hydroxylation is 2. The van der Waals surface area contributed by atoms with Gasteiger partial charge in [-0.2, -0.15) is 0 Å². The minimum atomic E-state index is -1.15. The van der Waals surface area contributed by atoms with Crippen LogP contribution in [0.1, 0.15) is 32.3 Å². The van der Waals surface area contributed by atoms with Crippen LogP contribution in [0.3, 0.4) is 0 Å². The minimum absolute atomic E-state index is 0.0179. The highest BCUT2D eigenvalue weighted by molar-refractivity contribution is 7.14. The van der Waals surface area contributed by atoms with Crippen LogP contribution in [0.4, 0.5) is 5.69 Å². The molecule has 2 N–H and O–H groups in total. The predicted molar refractivity (Wildman–Crippen MR) is 106 cm³/mol. The second kappa shape index (κ2) is 6.90. The largest absolute Gasteiger partial charge is 0.478 e. The van der Waals surface area contributed by atoms with E-state index >= 15 is 0 Å². The monoisotopic (exact) mass is 393 g/mol. The van der Waals surface area contributed by atoms with Crippen LogP contribution >= 0.6 is 11.3 Å². The molecule has 0 aliphatic rings. The number of aromatic nitrogens is 2. The number of rotatable bonds is 4. The number of hydrogen-bond donors (Lipinski definition) is 2. The van der Waals surface area contributed by atoms with E-state index in [-0.39, 0.29) is 17.0 Å². The second-order valence-electron chi connectivity index (χ2n) is 6.21. The summed E-state index contributed by atoms with van der Waals surface area (Å²) in [4.78, 5) is 33.6. The Morgan fingerprint density at radius 3 is 2.71 bits per heavy atom. The predicted octanol–water partition coefficient (Wildman–Crippen LogP) is 4.52. The van der Waals surface area contributed by atoms with Crippen molar-refractivity contribution in [2.75, 3.05) is 5.32 Å². The van der Waals surface area contributed by atoms with Crippen molar-refractivity contribution < 1.29 is 19.1 Å². The average Bonchev–Trinajstić information content (AvgIpc) is 3.26. The maximum Gasteiger partial charge on any atom is 0.339 e. The van der Waals surface area contributed by atoms with Crippen molar-refractivity contribution in [3.8, 4) is 10.6 Å². The Balaban J connectivity index is 1.71. The van der Waals surface area contributed by atoms with E-state index in [1.54, 1.807) is 30.6 Å². The Labute approximate surface area is 163 Å². The molecule has 1 amide bonds. The molecule has 0 radical (unpaired) electrons. The van der Waals surface area contributed by atoms with E-state index in [2.05, 4.69) is 15.3 Å². The van der Waals surface area contributed by atoms with Crippen LogP contribution in [0, 0.1) is 13.8 Å². The molecule has 0 unspecified atom stereocenters. The number of hydrogen-bond acceptors (Lipinski definition) is 6. The fourth-order valence-corrected chi connectivity index (χ4v) is 3.97. The van der Waals surface area contributed by atoms with Crippen LogP contribution in [0.25, 0.3) is 21.5 Å². The molecule has 4 rings (SSSR count). The van der Waals surface area contributed by atoms with Gasteiger partial charge in [-0.1, -0.05) is 18.2 Å². The fourth-order valence-electron chi connectivity index (χ4n) is 2.93. The third kappa shape index (κ3) is 3.14. The van der Waals surface area contributed by atoms with Crippen molar-refractivity contribution in [2.24, 2.45) is 0 Å². The number of thiophene rings is 1. The molecule has 4 aromatic rings. The Morgan fingerprint density at radius 2 is 2.00 bits per heavy atom. The standard InChI is InChI=1S/C20H15N3O4S/c1-10-8-21-17(11(2)22-10)18-16(20(25)26)13(9-28-18)23-19(24)15-7-12-5-3-4-6-14(12)27-15/h3-9H,1-2H3,(H,23,24)(H,25,26). The number of anilines is 1. The van der Waals surface area contributed by atoms with Gasteiger partial charge >= 0.3 is 5.97 Å². The van der Waals surface area contributed by atoms with Crippen molar-refractivity contribution in [1.82, 2.24) is 9.97 Å². The summed E-state index contributed by atoms with van der Waals surface area (Å²) < 4.78 is 5.55. The Hall–Kier alpha value is -3.52. The lowest BCUT2D eigenvalue weighted by atomic mass is 10.1. The molecule has 3 aromatic heterocycles. The van der Waals surface area contributed by atoms with Crippen LogP contribution < -0.4 is 5.32 Å². The van der Waals surface area contributed by atoms with E-state index in [0.29, 0.717) is 21.8 Å².